The van der Waals surface area contributed by atoms with Gasteiger partial charge in [0.05, 0.1) is 10.6 Å². The van der Waals surface area contributed by atoms with Crippen molar-refractivity contribution in [3.8, 4) is 0 Å². The molecule has 0 aliphatic rings. The minimum Gasteiger partial charge on any atom is -0.444 e. The Kier molecular flexibility index (Phi) is 5.12. The van der Waals surface area contributed by atoms with E-state index in [1.165, 1.54) is 11.3 Å². The lowest BCUT2D eigenvalue weighted by molar-refractivity contribution is 0.0125. The van der Waals surface area contributed by atoms with E-state index in [0.29, 0.717) is 11.7 Å². The summed E-state index contributed by atoms with van der Waals surface area (Å²) in [4.78, 5) is 16.9. The van der Waals surface area contributed by atoms with Gasteiger partial charge < -0.3 is 15.2 Å². The Bertz CT molecular complexity index is 476. The summed E-state index contributed by atoms with van der Waals surface area (Å²) >= 11 is 1.34. The zero-order chi connectivity index (χ0) is 15.6. The molecule has 0 spiro atoms. The Balaban J connectivity index is 2.88. The van der Waals surface area contributed by atoms with Crippen molar-refractivity contribution in [1.82, 2.24) is 4.98 Å². The van der Waals surface area contributed by atoms with Gasteiger partial charge in [0.15, 0.2) is 5.13 Å². The van der Waals surface area contributed by atoms with Gasteiger partial charge in [-0.2, -0.15) is 0 Å². The van der Waals surface area contributed by atoms with E-state index in [4.69, 9.17) is 15.2 Å². The number of nitrogens with zero attached hydrogens (tertiary/aromatic N) is 1. The molecule has 1 atom stereocenters. The largest absolute Gasteiger partial charge is 0.444 e. The molecule has 20 heavy (non-hydrogen) atoms. The number of carbonyl (C=O) groups excluding carboxylic acids is 1. The Morgan fingerprint density at radius 2 is 2.00 bits per heavy atom. The Morgan fingerprint density at radius 1 is 1.40 bits per heavy atom. The van der Waals surface area contributed by atoms with Crippen LogP contribution in [0.25, 0.3) is 0 Å². The topological polar surface area (TPSA) is 86.5 Å². The van der Waals surface area contributed by atoms with E-state index in [0.717, 1.165) is 10.6 Å². The quantitative estimate of drug-likeness (QED) is 0.892. The summed E-state index contributed by atoms with van der Waals surface area (Å²) in [5.74, 6) is 0. The van der Waals surface area contributed by atoms with Crippen LogP contribution in [0.2, 0.25) is 0 Å². The molecule has 0 aliphatic carbocycles. The first-order valence-corrected chi connectivity index (χ1v) is 7.16. The molecule has 0 fully saturated rings. The minimum absolute atomic E-state index is 0.332. The van der Waals surface area contributed by atoms with Crippen LogP contribution in [0.3, 0.4) is 0 Å². The maximum absolute atomic E-state index is 11.7. The third kappa shape index (κ3) is 4.16. The average Bonchev–Trinajstić information content (AvgIpc) is 2.67. The summed E-state index contributed by atoms with van der Waals surface area (Å²) in [6.45, 7) is 9.51. The molecule has 0 radical (unpaired) electrons. The van der Waals surface area contributed by atoms with Crippen LogP contribution in [-0.4, -0.2) is 30.3 Å². The molecule has 0 saturated carbocycles. The number of ether oxygens (including phenoxy) is 2. The van der Waals surface area contributed by atoms with Crippen molar-refractivity contribution in [2.45, 2.75) is 45.8 Å². The fourth-order valence-corrected chi connectivity index (χ4v) is 2.69. The van der Waals surface area contributed by atoms with Crippen molar-refractivity contribution < 1.29 is 14.3 Å². The molecule has 0 aliphatic heterocycles. The number of hydrogen-bond donors (Lipinski definition) is 2. The minimum atomic E-state index is -0.602. The number of nitrogens with two attached hydrogens (primary N) is 1. The van der Waals surface area contributed by atoms with Gasteiger partial charge in [-0.1, -0.05) is 11.3 Å². The van der Waals surface area contributed by atoms with Crippen LogP contribution in [-0.2, 0) is 15.1 Å². The Morgan fingerprint density at radius 3 is 2.45 bits per heavy atom. The van der Waals surface area contributed by atoms with Crippen molar-refractivity contribution in [3.05, 3.63) is 10.6 Å². The van der Waals surface area contributed by atoms with Crippen molar-refractivity contribution in [2.75, 3.05) is 19.0 Å². The normalized spacial score (nSPS) is 14.8. The van der Waals surface area contributed by atoms with Crippen LogP contribution in [0.5, 0.6) is 0 Å². The monoisotopic (exact) mass is 301 g/mol. The average molecular weight is 301 g/mol. The predicted octanol–water partition coefficient (Wildman–Crippen LogP) is 2.62. The second kappa shape index (κ2) is 6.07. The van der Waals surface area contributed by atoms with Gasteiger partial charge >= 0.3 is 6.09 Å². The smallest absolute Gasteiger partial charge is 0.413 e. The second-order valence-corrected chi connectivity index (χ2v) is 6.70. The molecule has 114 valence electrons. The first-order valence-electron chi connectivity index (χ1n) is 6.34. The van der Waals surface area contributed by atoms with E-state index in [1.807, 2.05) is 34.6 Å². The van der Waals surface area contributed by atoms with Gasteiger partial charge in [0, 0.05) is 13.7 Å². The molecule has 0 aromatic carbocycles. The highest BCUT2D eigenvalue weighted by atomic mass is 32.1. The maximum Gasteiger partial charge on any atom is 0.413 e. The van der Waals surface area contributed by atoms with Crippen LogP contribution in [0.4, 0.5) is 9.93 Å². The van der Waals surface area contributed by atoms with E-state index >= 15 is 0 Å². The molecular formula is C13H23N3O3S. The van der Waals surface area contributed by atoms with Gasteiger partial charge in [0.2, 0.25) is 0 Å². The summed E-state index contributed by atoms with van der Waals surface area (Å²) in [5.41, 5.74) is 5.40. The highest BCUT2D eigenvalue weighted by molar-refractivity contribution is 7.16. The van der Waals surface area contributed by atoms with Crippen LogP contribution in [0.1, 0.15) is 38.3 Å². The van der Waals surface area contributed by atoms with Gasteiger partial charge in [-0.25, -0.2) is 9.78 Å². The third-order valence-electron chi connectivity index (χ3n) is 2.72. The molecule has 7 heteroatoms. The fourth-order valence-electron chi connectivity index (χ4n) is 1.60. The molecular weight excluding hydrogens is 278 g/mol. The number of thiazole rings is 1. The highest BCUT2D eigenvalue weighted by Crippen LogP contribution is 2.34. The number of amides is 1. The SMILES string of the molecule is COC(C)(CN)c1sc(NC(=O)OC(C)(C)C)nc1C. The van der Waals surface area contributed by atoms with E-state index in [2.05, 4.69) is 10.3 Å². The summed E-state index contributed by atoms with van der Waals surface area (Å²) < 4.78 is 10.6. The van der Waals surface area contributed by atoms with Crippen molar-refractivity contribution in [2.24, 2.45) is 5.73 Å². The number of aryl methyl sites for hydroxylation is 1. The number of rotatable bonds is 4. The lowest BCUT2D eigenvalue weighted by Gasteiger charge is -2.25. The summed E-state index contributed by atoms with van der Waals surface area (Å²) in [7, 11) is 1.60. The first-order chi connectivity index (χ1) is 9.11. The molecule has 1 amide bonds. The molecule has 0 saturated heterocycles. The molecule has 1 aromatic heterocycles. The molecule has 1 heterocycles. The number of hydrogen-bond acceptors (Lipinski definition) is 6. The van der Waals surface area contributed by atoms with Gasteiger partial charge in [-0.3, -0.25) is 5.32 Å². The number of methoxy groups -OCH3 is 1. The third-order valence-corrected chi connectivity index (χ3v) is 4.04. The van der Waals surface area contributed by atoms with Gasteiger partial charge in [-0.05, 0) is 34.6 Å². The van der Waals surface area contributed by atoms with E-state index in [-0.39, 0.29) is 0 Å². The Labute approximate surface area is 123 Å². The van der Waals surface area contributed by atoms with E-state index in [1.54, 1.807) is 7.11 Å². The van der Waals surface area contributed by atoms with Crippen LogP contribution in [0.15, 0.2) is 0 Å². The predicted molar refractivity (Wildman–Crippen MR) is 80.1 cm³/mol. The van der Waals surface area contributed by atoms with E-state index < -0.39 is 17.3 Å². The van der Waals surface area contributed by atoms with Crippen molar-refractivity contribution in [3.63, 3.8) is 0 Å². The van der Waals surface area contributed by atoms with Crippen molar-refractivity contribution >= 4 is 22.6 Å². The highest BCUT2D eigenvalue weighted by Gasteiger charge is 2.30. The van der Waals surface area contributed by atoms with Gasteiger partial charge in [-0.15, -0.1) is 0 Å². The zero-order valence-electron chi connectivity index (χ0n) is 12.9. The van der Waals surface area contributed by atoms with Crippen molar-refractivity contribution in [1.29, 1.82) is 0 Å². The first kappa shape index (κ1) is 16.9. The lowest BCUT2D eigenvalue weighted by Crippen LogP contribution is -2.33. The molecule has 1 rings (SSSR count). The molecule has 1 aromatic rings. The standard InChI is InChI=1S/C13H23N3O3S/c1-8-9(13(5,7-14)18-6)20-10(15-8)16-11(17)19-12(2,3)4/h7,14H2,1-6H3,(H,15,16,17). The number of anilines is 1. The number of nitrogens with one attached hydrogen (secondary N) is 1. The molecule has 3 N–H and O–H groups in total. The summed E-state index contributed by atoms with van der Waals surface area (Å²) in [6.07, 6.45) is -0.523. The lowest BCUT2D eigenvalue weighted by atomic mass is 10.0. The number of aromatic nitrogens is 1. The summed E-state index contributed by atoms with van der Waals surface area (Å²) in [6, 6.07) is 0. The Hall–Kier alpha value is -1.18. The maximum atomic E-state index is 11.7. The summed E-state index contributed by atoms with van der Waals surface area (Å²) in [5, 5.41) is 3.11. The number of carbonyl (C=O) groups is 1. The van der Waals surface area contributed by atoms with Crippen LogP contribution in [0, 0.1) is 6.92 Å². The second-order valence-electron chi connectivity index (χ2n) is 5.70. The molecule has 6 nitrogen and oxygen atoms in total. The molecule has 0 bridgehead atoms. The molecule has 1 unspecified atom stereocenters. The van der Waals surface area contributed by atoms with Gasteiger partial charge in [0.25, 0.3) is 0 Å². The van der Waals surface area contributed by atoms with E-state index in [9.17, 15) is 4.79 Å². The zero-order valence-corrected chi connectivity index (χ0v) is 13.7. The fraction of sp³-hybridized carbons (Fsp3) is 0.692. The van der Waals surface area contributed by atoms with Crippen LogP contribution < -0.4 is 11.1 Å². The van der Waals surface area contributed by atoms with Gasteiger partial charge in [0.1, 0.15) is 11.2 Å². The van der Waals surface area contributed by atoms with Crippen LogP contribution >= 0.6 is 11.3 Å².